The lowest BCUT2D eigenvalue weighted by molar-refractivity contribution is -0.185. The number of carbonyl (C=O) groups is 2. The predicted molar refractivity (Wildman–Crippen MR) is 42.2 cm³/mol. The van der Waals surface area contributed by atoms with Gasteiger partial charge in [0.25, 0.3) is 0 Å². The first kappa shape index (κ1) is 10.9. The third kappa shape index (κ3) is 5.70. The van der Waals surface area contributed by atoms with E-state index in [-0.39, 0.29) is 0 Å². The average Bonchev–Trinajstić information content (AvgIpc) is 1.84. The zero-order valence-corrected chi connectivity index (χ0v) is 7.62. The maximum Gasteiger partial charge on any atom is 0.305 e. The van der Waals surface area contributed by atoms with Crippen molar-refractivity contribution >= 4 is 11.9 Å². The number of ether oxygens (including phenoxy) is 2. The first-order valence-electron chi connectivity index (χ1n) is 3.90. The van der Waals surface area contributed by atoms with Crippen molar-refractivity contribution in [1.29, 1.82) is 0 Å². The van der Waals surface area contributed by atoms with E-state index in [1.54, 1.807) is 0 Å². The van der Waals surface area contributed by atoms with E-state index in [0.29, 0.717) is 6.42 Å². The first-order valence-corrected chi connectivity index (χ1v) is 3.90. The van der Waals surface area contributed by atoms with Gasteiger partial charge in [0.15, 0.2) is 0 Å². The summed E-state index contributed by atoms with van der Waals surface area (Å²) in [5.41, 5.74) is 0. The fourth-order valence-electron chi connectivity index (χ4n) is 0.748. The SMILES string of the molecule is CCCC(OC(C)=O)OC(C)=O. The minimum Gasteiger partial charge on any atom is -0.425 e. The molecule has 12 heavy (non-hydrogen) atoms. The molecule has 0 aromatic heterocycles. The highest BCUT2D eigenvalue weighted by Gasteiger charge is 2.12. The standard InChI is InChI=1S/C8H14O4/c1-4-5-8(11-6(2)9)12-7(3)10/h8H,4-5H2,1-3H3. The summed E-state index contributed by atoms with van der Waals surface area (Å²) < 4.78 is 9.44. The average molecular weight is 174 g/mol. The maximum absolute atomic E-state index is 10.5. The van der Waals surface area contributed by atoms with E-state index in [4.69, 9.17) is 9.47 Å². The van der Waals surface area contributed by atoms with Gasteiger partial charge in [-0.3, -0.25) is 9.59 Å². The number of carbonyl (C=O) groups excluding carboxylic acids is 2. The Balaban J connectivity index is 3.85. The second-order valence-corrected chi connectivity index (χ2v) is 2.44. The van der Waals surface area contributed by atoms with Crippen molar-refractivity contribution < 1.29 is 19.1 Å². The van der Waals surface area contributed by atoms with Gasteiger partial charge in [-0.25, -0.2) is 0 Å². The molecule has 0 bridgehead atoms. The summed E-state index contributed by atoms with van der Waals surface area (Å²) in [7, 11) is 0. The molecule has 4 nitrogen and oxygen atoms in total. The van der Waals surface area contributed by atoms with Crippen LogP contribution in [0.2, 0.25) is 0 Å². The molecule has 0 aliphatic carbocycles. The molecule has 70 valence electrons. The van der Waals surface area contributed by atoms with Crippen LogP contribution in [-0.4, -0.2) is 18.2 Å². The van der Waals surface area contributed by atoms with Crippen LogP contribution in [0.4, 0.5) is 0 Å². The van der Waals surface area contributed by atoms with Gasteiger partial charge < -0.3 is 9.47 Å². The highest BCUT2D eigenvalue weighted by atomic mass is 16.7. The molecule has 0 aromatic rings. The van der Waals surface area contributed by atoms with E-state index in [0.717, 1.165) is 6.42 Å². The summed E-state index contributed by atoms with van der Waals surface area (Å²) in [4.78, 5) is 21.0. The van der Waals surface area contributed by atoms with Crippen molar-refractivity contribution in [2.24, 2.45) is 0 Å². The Morgan fingerprint density at radius 1 is 1.17 bits per heavy atom. The van der Waals surface area contributed by atoms with Gasteiger partial charge in [0.05, 0.1) is 0 Å². The quantitative estimate of drug-likeness (QED) is 0.475. The minimum absolute atomic E-state index is 0.435. The molecule has 0 N–H and O–H groups in total. The fraction of sp³-hybridized carbons (Fsp3) is 0.750. The highest BCUT2D eigenvalue weighted by Crippen LogP contribution is 2.04. The minimum atomic E-state index is -0.718. The molecule has 0 atom stereocenters. The van der Waals surface area contributed by atoms with E-state index in [2.05, 4.69) is 0 Å². The summed E-state index contributed by atoms with van der Waals surface area (Å²) in [6.07, 6.45) is 0.620. The van der Waals surface area contributed by atoms with Crippen LogP contribution in [0.1, 0.15) is 33.6 Å². The highest BCUT2D eigenvalue weighted by molar-refractivity contribution is 5.68. The molecule has 0 radical (unpaired) electrons. The molecule has 0 aliphatic rings. The number of hydrogen-bond acceptors (Lipinski definition) is 4. The van der Waals surface area contributed by atoms with Crippen LogP contribution in [0.25, 0.3) is 0 Å². The Morgan fingerprint density at radius 2 is 1.58 bits per heavy atom. The normalized spacial score (nSPS) is 9.67. The van der Waals surface area contributed by atoms with Crippen molar-refractivity contribution in [1.82, 2.24) is 0 Å². The Morgan fingerprint density at radius 3 is 1.83 bits per heavy atom. The second kappa shape index (κ2) is 5.57. The van der Waals surface area contributed by atoms with Crippen LogP contribution < -0.4 is 0 Å². The Hall–Kier alpha value is -1.06. The summed E-state index contributed by atoms with van der Waals surface area (Å²) in [5, 5.41) is 0. The summed E-state index contributed by atoms with van der Waals surface area (Å²) in [6.45, 7) is 4.48. The smallest absolute Gasteiger partial charge is 0.305 e. The van der Waals surface area contributed by atoms with Gasteiger partial charge in [-0.2, -0.15) is 0 Å². The number of hydrogen-bond donors (Lipinski definition) is 0. The van der Waals surface area contributed by atoms with Gasteiger partial charge >= 0.3 is 11.9 Å². The van der Waals surface area contributed by atoms with Crippen LogP contribution in [0.3, 0.4) is 0 Å². The lowest BCUT2D eigenvalue weighted by Crippen LogP contribution is -2.21. The molecule has 0 spiro atoms. The topological polar surface area (TPSA) is 52.6 Å². The summed E-state index contributed by atoms with van der Waals surface area (Å²) in [5.74, 6) is -0.871. The van der Waals surface area contributed by atoms with Crippen LogP contribution in [0.15, 0.2) is 0 Å². The molecular weight excluding hydrogens is 160 g/mol. The summed E-state index contributed by atoms with van der Waals surface area (Å²) >= 11 is 0. The van der Waals surface area contributed by atoms with E-state index < -0.39 is 18.2 Å². The maximum atomic E-state index is 10.5. The van der Waals surface area contributed by atoms with Crippen molar-refractivity contribution in [2.45, 2.75) is 39.9 Å². The molecular formula is C8H14O4. The molecule has 0 amide bonds. The first-order chi connectivity index (χ1) is 5.56. The third-order valence-electron chi connectivity index (χ3n) is 1.12. The monoisotopic (exact) mass is 174 g/mol. The van der Waals surface area contributed by atoms with E-state index in [1.807, 2.05) is 6.92 Å². The van der Waals surface area contributed by atoms with Crippen LogP contribution >= 0.6 is 0 Å². The van der Waals surface area contributed by atoms with E-state index >= 15 is 0 Å². The zero-order chi connectivity index (χ0) is 9.56. The molecule has 0 saturated carbocycles. The van der Waals surface area contributed by atoms with Gasteiger partial charge in [-0.15, -0.1) is 0 Å². The van der Waals surface area contributed by atoms with Gasteiger partial charge in [0.1, 0.15) is 0 Å². The van der Waals surface area contributed by atoms with E-state index in [9.17, 15) is 9.59 Å². The summed E-state index contributed by atoms with van der Waals surface area (Å²) in [6, 6.07) is 0. The molecule has 0 aliphatic heterocycles. The van der Waals surface area contributed by atoms with E-state index in [1.165, 1.54) is 13.8 Å². The van der Waals surface area contributed by atoms with Crippen LogP contribution in [-0.2, 0) is 19.1 Å². The lowest BCUT2D eigenvalue weighted by atomic mass is 10.3. The van der Waals surface area contributed by atoms with Gasteiger partial charge in [0.2, 0.25) is 6.29 Å². The molecule has 0 rings (SSSR count). The largest absolute Gasteiger partial charge is 0.425 e. The Kier molecular flexibility index (Phi) is 5.08. The fourth-order valence-corrected chi connectivity index (χ4v) is 0.748. The zero-order valence-electron chi connectivity index (χ0n) is 7.62. The predicted octanol–water partition coefficient (Wildman–Crippen LogP) is 1.24. The molecule has 0 heterocycles. The van der Waals surface area contributed by atoms with Gasteiger partial charge in [-0.1, -0.05) is 6.92 Å². The van der Waals surface area contributed by atoms with Gasteiger partial charge in [0, 0.05) is 20.3 Å². The molecule has 0 saturated heterocycles. The molecule has 0 aromatic carbocycles. The van der Waals surface area contributed by atoms with Crippen molar-refractivity contribution in [2.75, 3.05) is 0 Å². The number of rotatable bonds is 4. The molecule has 0 unspecified atom stereocenters. The lowest BCUT2D eigenvalue weighted by Gasteiger charge is -2.15. The Labute approximate surface area is 71.8 Å². The van der Waals surface area contributed by atoms with Crippen LogP contribution in [0.5, 0.6) is 0 Å². The van der Waals surface area contributed by atoms with Crippen LogP contribution in [0, 0.1) is 0 Å². The molecule has 4 heteroatoms. The molecule has 0 fully saturated rings. The second-order valence-electron chi connectivity index (χ2n) is 2.44. The van der Waals surface area contributed by atoms with Crippen molar-refractivity contribution in [3.8, 4) is 0 Å². The van der Waals surface area contributed by atoms with Crippen molar-refractivity contribution in [3.05, 3.63) is 0 Å². The number of esters is 2. The Bertz CT molecular complexity index is 148. The van der Waals surface area contributed by atoms with Crippen molar-refractivity contribution in [3.63, 3.8) is 0 Å². The third-order valence-corrected chi connectivity index (χ3v) is 1.12. The van der Waals surface area contributed by atoms with Gasteiger partial charge in [-0.05, 0) is 6.42 Å².